The Bertz CT molecular complexity index is 858. The largest absolute Gasteiger partial charge is 0.426 e. The fraction of sp³-hybridized carbons (Fsp3) is 0.391. The molecule has 0 saturated carbocycles. The Morgan fingerprint density at radius 2 is 1.96 bits per heavy atom. The molecule has 4 heteroatoms. The molecule has 0 bridgehead atoms. The van der Waals surface area contributed by atoms with Crippen LogP contribution in [0, 0.1) is 19.8 Å². The van der Waals surface area contributed by atoms with Crippen LogP contribution in [0.15, 0.2) is 42.5 Å². The van der Waals surface area contributed by atoms with Crippen LogP contribution in [0.2, 0.25) is 0 Å². The van der Waals surface area contributed by atoms with Crippen LogP contribution in [-0.2, 0) is 9.59 Å². The third-order valence-corrected chi connectivity index (χ3v) is 5.37. The third-order valence-electron chi connectivity index (χ3n) is 5.37. The van der Waals surface area contributed by atoms with Gasteiger partial charge in [-0.25, -0.2) is 0 Å². The molecule has 3 rings (SSSR count). The number of amides is 1. The average molecular weight is 365 g/mol. The highest BCUT2D eigenvalue weighted by molar-refractivity contribution is 6.00. The molecule has 4 nitrogen and oxygen atoms in total. The van der Waals surface area contributed by atoms with E-state index in [0.29, 0.717) is 18.2 Å². The van der Waals surface area contributed by atoms with Crippen molar-refractivity contribution in [2.24, 2.45) is 5.92 Å². The van der Waals surface area contributed by atoms with Gasteiger partial charge in [-0.1, -0.05) is 49.7 Å². The number of benzene rings is 2. The molecule has 2 aromatic rings. The van der Waals surface area contributed by atoms with E-state index < -0.39 is 5.92 Å². The molecule has 2 atom stereocenters. The van der Waals surface area contributed by atoms with E-state index in [9.17, 15) is 9.59 Å². The van der Waals surface area contributed by atoms with Crippen LogP contribution in [-0.4, -0.2) is 18.4 Å². The second kappa shape index (κ2) is 7.95. The number of esters is 1. The summed E-state index contributed by atoms with van der Waals surface area (Å²) in [7, 11) is 0. The van der Waals surface area contributed by atoms with E-state index in [1.54, 1.807) is 4.90 Å². The second-order valence-corrected chi connectivity index (χ2v) is 7.46. The number of rotatable bonds is 5. The first-order chi connectivity index (χ1) is 12.9. The summed E-state index contributed by atoms with van der Waals surface area (Å²) >= 11 is 0. The molecule has 0 N–H and O–H groups in total. The fourth-order valence-corrected chi connectivity index (χ4v) is 3.60. The maximum absolute atomic E-state index is 12.7. The molecule has 1 amide bonds. The van der Waals surface area contributed by atoms with Crippen molar-refractivity contribution in [1.29, 1.82) is 0 Å². The minimum absolute atomic E-state index is 0.0286. The maximum atomic E-state index is 12.7. The van der Waals surface area contributed by atoms with Crippen LogP contribution in [0.1, 0.15) is 49.3 Å². The fourth-order valence-electron chi connectivity index (χ4n) is 3.60. The molecule has 1 aliphatic rings. The molecule has 2 aromatic carbocycles. The summed E-state index contributed by atoms with van der Waals surface area (Å²) in [6.07, 6.45) is 1.16. The van der Waals surface area contributed by atoms with Gasteiger partial charge in [-0.3, -0.25) is 9.59 Å². The number of hydrogen-bond acceptors (Lipinski definition) is 3. The number of anilines is 1. The Kier molecular flexibility index (Phi) is 5.64. The first-order valence-corrected chi connectivity index (χ1v) is 9.59. The summed E-state index contributed by atoms with van der Waals surface area (Å²) in [4.78, 5) is 27.0. The number of nitrogens with zero attached hydrogens (tertiary/aromatic N) is 1. The van der Waals surface area contributed by atoms with Crippen molar-refractivity contribution in [3.8, 4) is 5.75 Å². The van der Waals surface area contributed by atoms with Crippen molar-refractivity contribution in [3.05, 3.63) is 59.2 Å². The summed E-state index contributed by atoms with van der Waals surface area (Å²) < 4.78 is 5.72. The van der Waals surface area contributed by atoms with Gasteiger partial charge in [0.05, 0.1) is 5.92 Å². The minimum Gasteiger partial charge on any atom is -0.426 e. The molecular formula is C23H27NO3. The Morgan fingerprint density at radius 3 is 2.67 bits per heavy atom. The molecule has 1 fully saturated rings. The smallest absolute Gasteiger partial charge is 0.316 e. The summed E-state index contributed by atoms with van der Waals surface area (Å²) in [5.41, 5.74) is 4.10. The van der Waals surface area contributed by atoms with Gasteiger partial charge in [0.2, 0.25) is 5.91 Å². The summed E-state index contributed by atoms with van der Waals surface area (Å²) in [6.45, 7) is 8.61. The van der Waals surface area contributed by atoms with E-state index in [2.05, 4.69) is 19.9 Å². The van der Waals surface area contributed by atoms with Gasteiger partial charge in [0.1, 0.15) is 5.75 Å². The van der Waals surface area contributed by atoms with Gasteiger partial charge in [-0.05, 0) is 49.4 Å². The predicted molar refractivity (Wildman–Crippen MR) is 107 cm³/mol. The molecule has 0 aliphatic carbocycles. The predicted octanol–water partition coefficient (Wildman–Crippen LogP) is 4.78. The lowest BCUT2D eigenvalue weighted by Gasteiger charge is -2.20. The standard InChI is InChI=1S/C23H27NO3/c1-5-16(3)19-8-6-7-9-21(19)27-23(26)18-13-22(25)24(14-18)20-11-10-15(2)12-17(20)4/h6-12,16,18H,5,13-14H2,1-4H3/t16-,18+/m1/s1. The summed E-state index contributed by atoms with van der Waals surface area (Å²) in [5.74, 6) is 0.119. The Hall–Kier alpha value is -2.62. The van der Waals surface area contributed by atoms with E-state index in [0.717, 1.165) is 28.8 Å². The lowest BCUT2D eigenvalue weighted by molar-refractivity contribution is -0.139. The first kappa shape index (κ1) is 19.2. The van der Waals surface area contributed by atoms with Crippen molar-refractivity contribution in [1.82, 2.24) is 0 Å². The van der Waals surface area contributed by atoms with Crippen LogP contribution in [0.4, 0.5) is 5.69 Å². The summed E-state index contributed by atoms with van der Waals surface area (Å²) in [6, 6.07) is 13.7. The monoisotopic (exact) mass is 365 g/mol. The second-order valence-electron chi connectivity index (χ2n) is 7.46. The SMILES string of the molecule is CC[C@@H](C)c1ccccc1OC(=O)[C@H]1CC(=O)N(c2ccc(C)cc2C)C1. The quantitative estimate of drug-likeness (QED) is 0.566. The molecule has 0 unspecified atom stereocenters. The van der Waals surface area contributed by atoms with Crippen LogP contribution >= 0.6 is 0 Å². The van der Waals surface area contributed by atoms with E-state index in [1.807, 2.05) is 50.2 Å². The van der Waals surface area contributed by atoms with Crippen molar-refractivity contribution >= 4 is 17.6 Å². The normalized spacial score (nSPS) is 17.9. The molecule has 0 radical (unpaired) electrons. The zero-order valence-electron chi connectivity index (χ0n) is 16.5. The maximum Gasteiger partial charge on any atom is 0.316 e. The van der Waals surface area contributed by atoms with Gasteiger partial charge in [0.25, 0.3) is 0 Å². The van der Waals surface area contributed by atoms with Gasteiger partial charge in [-0.2, -0.15) is 0 Å². The minimum atomic E-state index is -0.441. The first-order valence-electron chi connectivity index (χ1n) is 9.59. The van der Waals surface area contributed by atoms with E-state index in [4.69, 9.17) is 4.74 Å². The lowest BCUT2D eigenvalue weighted by atomic mass is 9.98. The zero-order valence-corrected chi connectivity index (χ0v) is 16.5. The van der Waals surface area contributed by atoms with Gasteiger partial charge in [-0.15, -0.1) is 0 Å². The zero-order chi connectivity index (χ0) is 19.6. The number of para-hydroxylation sites is 1. The topological polar surface area (TPSA) is 46.6 Å². The van der Waals surface area contributed by atoms with E-state index in [-0.39, 0.29) is 18.3 Å². The molecule has 0 spiro atoms. The van der Waals surface area contributed by atoms with Crippen molar-refractivity contribution < 1.29 is 14.3 Å². The molecule has 27 heavy (non-hydrogen) atoms. The average Bonchev–Trinajstić information content (AvgIpc) is 3.03. The van der Waals surface area contributed by atoms with Crippen LogP contribution < -0.4 is 9.64 Å². The molecule has 1 saturated heterocycles. The van der Waals surface area contributed by atoms with Crippen molar-refractivity contribution in [2.75, 3.05) is 11.4 Å². The molecule has 142 valence electrons. The lowest BCUT2D eigenvalue weighted by Crippen LogP contribution is -2.28. The van der Waals surface area contributed by atoms with E-state index >= 15 is 0 Å². The molecule has 1 heterocycles. The molecule has 0 aromatic heterocycles. The molecular weight excluding hydrogens is 338 g/mol. The highest BCUT2D eigenvalue weighted by Crippen LogP contribution is 2.32. The third kappa shape index (κ3) is 4.05. The number of hydrogen-bond donors (Lipinski definition) is 0. The van der Waals surface area contributed by atoms with Gasteiger partial charge >= 0.3 is 5.97 Å². The van der Waals surface area contributed by atoms with Crippen molar-refractivity contribution in [3.63, 3.8) is 0 Å². The van der Waals surface area contributed by atoms with Crippen molar-refractivity contribution in [2.45, 2.75) is 46.5 Å². The van der Waals surface area contributed by atoms with Gasteiger partial charge in [0.15, 0.2) is 0 Å². The highest BCUT2D eigenvalue weighted by Gasteiger charge is 2.37. The van der Waals surface area contributed by atoms with Crippen LogP contribution in [0.3, 0.4) is 0 Å². The number of carbonyl (C=O) groups excluding carboxylic acids is 2. The van der Waals surface area contributed by atoms with Crippen LogP contribution in [0.25, 0.3) is 0 Å². The Balaban J connectivity index is 1.75. The Morgan fingerprint density at radius 1 is 1.22 bits per heavy atom. The number of carbonyl (C=O) groups is 2. The Labute approximate surface area is 161 Å². The highest BCUT2D eigenvalue weighted by atomic mass is 16.5. The molecule has 1 aliphatic heterocycles. The van der Waals surface area contributed by atoms with Gasteiger partial charge < -0.3 is 9.64 Å². The van der Waals surface area contributed by atoms with E-state index in [1.165, 1.54) is 0 Å². The number of ether oxygens (including phenoxy) is 1. The van der Waals surface area contributed by atoms with Gasteiger partial charge in [0, 0.05) is 18.7 Å². The van der Waals surface area contributed by atoms with Crippen LogP contribution in [0.5, 0.6) is 5.75 Å². The summed E-state index contributed by atoms with van der Waals surface area (Å²) in [5, 5.41) is 0. The number of aryl methyl sites for hydroxylation is 2.